The van der Waals surface area contributed by atoms with Crippen LogP contribution in [0.3, 0.4) is 0 Å². The van der Waals surface area contributed by atoms with Gasteiger partial charge >= 0.3 is 0 Å². The van der Waals surface area contributed by atoms with Crippen LogP contribution in [-0.4, -0.2) is 25.0 Å². The molecule has 3 N–H and O–H groups in total. The molecule has 0 saturated heterocycles. The first-order chi connectivity index (χ1) is 15.1. The minimum atomic E-state index is -0.259. The lowest BCUT2D eigenvalue weighted by Gasteiger charge is -2.16. The second kappa shape index (κ2) is 10.8. The number of para-hydroxylation sites is 1. The summed E-state index contributed by atoms with van der Waals surface area (Å²) in [5.41, 5.74) is 2.75. The van der Waals surface area contributed by atoms with E-state index in [1.54, 1.807) is 30.3 Å². The third-order valence-electron chi connectivity index (χ3n) is 4.71. The number of benzene rings is 3. The van der Waals surface area contributed by atoms with Gasteiger partial charge < -0.3 is 20.7 Å². The van der Waals surface area contributed by atoms with Gasteiger partial charge in [0.15, 0.2) is 0 Å². The normalized spacial score (nSPS) is 11.3. The van der Waals surface area contributed by atoms with Crippen LogP contribution in [0.15, 0.2) is 78.9 Å². The maximum absolute atomic E-state index is 12.8. The van der Waals surface area contributed by atoms with Crippen molar-refractivity contribution in [2.24, 2.45) is 0 Å². The Kier molecular flexibility index (Phi) is 7.65. The van der Waals surface area contributed by atoms with Gasteiger partial charge in [-0.05, 0) is 55.8 Å². The van der Waals surface area contributed by atoms with Crippen LogP contribution in [0.4, 0.5) is 11.4 Å². The molecule has 0 aliphatic carbocycles. The molecule has 0 aliphatic rings. The van der Waals surface area contributed by atoms with E-state index in [1.807, 2.05) is 62.4 Å². The van der Waals surface area contributed by atoms with E-state index >= 15 is 0 Å². The molecule has 1 atom stereocenters. The standard InChI is InChI=1S/C25H27N3O3/c1-3-31-21-15-13-20(14-16-21)28-25(30)22-11-7-8-12-23(22)26-17-24(29)27-18(2)19-9-5-4-6-10-19/h4-16,18,26H,3,17H2,1-2H3,(H,27,29)(H,28,30)/t18-/m1/s1. The van der Waals surface area contributed by atoms with Crippen LogP contribution in [0.25, 0.3) is 0 Å². The van der Waals surface area contributed by atoms with Crippen LogP contribution >= 0.6 is 0 Å². The molecule has 31 heavy (non-hydrogen) atoms. The first-order valence-electron chi connectivity index (χ1n) is 10.3. The molecule has 6 heteroatoms. The molecule has 0 spiro atoms. The number of hydrogen-bond acceptors (Lipinski definition) is 4. The summed E-state index contributed by atoms with van der Waals surface area (Å²) in [6, 6.07) is 24.0. The van der Waals surface area contributed by atoms with Crippen molar-refractivity contribution in [3.05, 3.63) is 90.0 Å². The van der Waals surface area contributed by atoms with Crippen molar-refractivity contribution in [2.45, 2.75) is 19.9 Å². The molecule has 0 saturated carbocycles. The summed E-state index contributed by atoms with van der Waals surface area (Å²) in [6.07, 6.45) is 0. The lowest BCUT2D eigenvalue weighted by Crippen LogP contribution is -2.32. The average molecular weight is 418 g/mol. The van der Waals surface area contributed by atoms with Gasteiger partial charge in [-0.25, -0.2) is 0 Å². The fourth-order valence-electron chi connectivity index (χ4n) is 3.13. The van der Waals surface area contributed by atoms with E-state index in [0.29, 0.717) is 23.5 Å². The highest BCUT2D eigenvalue weighted by molar-refractivity contribution is 6.08. The van der Waals surface area contributed by atoms with Crippen molar-refractivity contribution in [1.29, 1.82) is 0 Å². The summed E-state index contributed by atoms with van der Waals surface area (Å²) >= 11 is 0. The van der Waals surface area contributed by atoms with Crippen LogP contribution in [0.1, 0.15) is 35.8 Å². The van der Waals surface area contributed by atoms with Crippen molar-refractivity contribution in [3.63, 3.8) is 0 Å². The molecule has 0 aliphatic heterocycles. The Balaban J connectivity index is 1.59. The minimum absolute atomic E-state index is 0.0600. The number of amides is 2. The van der Waals surface area contributed by atoms with Gasteiger partial charge in [0.05, 0.1) is 24.8 Å². The van der Waals surface area contributed by atoms with Gasteiger partial charge in [-0.1, -0.05) is 42.5 Å². The number of carbonyl (C=O) groups excluding carboxylic acids is 2. The van der Waals surface area contributed by atoms with Gasteiger partial charge in [0, 0.05) is 11.4 Å². The summed E-state index contributed by atoms with van der Waals surface area (Å²) in [5, 5.41) is 8.90. The molecule has 6 nitrogen and oxygen atoms in total. The molecular weight excluding hydrogens is 390 g/mol. The Hall–Kier alpha value is -3.80. The zero-order valence-electron chi connectivity index (χ0n) is 17.7. The summed E-state index contributed by atoms with van der Waals surface area (Å²) in [4.78, 5) is 25.1. The third kappa shape index (κ3) is 6.34. The summed E-state index contributed by atoms with van der Waals surface area (Å²) < 4.78 is 5.42. The second-order valence-electron chi connectivity index (χ2n) is 7.01. The lowest BCUT2D eigenvalue weighted by atomic mass is 10.1. The predicted octanol–water partition coefficient (Wildman–Crippen LogP) is 4.63. The van der Waals surface area contributed by atoms with Gasteiger partial charge in [0.25, 0.3) is 5.91 Å². The van der Waals surface area contributed by atoms with Crippen molar-refractivity contribution in [3.8, 4) is 5.75 Å². The quantitative estimate of drug-likeness (QED) is 0.474. The average Bonchev–Trinajstić information content (AvgIpc) is 2.80. The zero-order chi connectivity index (χ0) is 22.1. The van der Waals surface area contributed by atoms with Crippen LogP contribution in [0, 0.1) is 0 Å². The summed E-state index contributed by atoms with van der Waals surface area (Å²) in [5.74, 6) is 0.335. The van der Waals surface area contributed by atoms with Crippen LogP contribution < -0.4 is 20.7 Å². The molecule has 0 unspecified atom stereocenters. The summed E-state index contributed by atoms with van der Waals surface area (Å²) in [6.45, 7) is 4.50. The zero-order valence-corrected chi connectivity index (χ0v) is 17.7. The number of nitrogens with one attached hydrogen (secondary N) is 3. The second-order valence-corrected chi connectivity index (χ2v) is 7.01. The van der Waals surface area contributed by atoms with Crippen LogP contribution in [-0.2, 0) is 4.79 Å². The van der Waals surface area contributed by atoms with Crippen molar-refractivity contribution >= 4 is 23.2 Å². The van der Waals surface area contributed by atoms with Crippen LogP contribution in [0.2, 0.25) is 0 Å². The minimum Gasteiger partial charge on any atom is -0.494 e. The lowest BCUT2D eigenvalue weighted by molar-refractivity contribution is -0.120. The van der Waals surface area contributed by atoms with E-state index < -0.39 is 0 Å². The molecule has 0 radical (unpaired) electrons. The molecule has 3 rings (SSSR count). The SMILES string of the molecule is CCOc1ccc(NC(=O)c2ccccc2NCC(=O)N[C@H](C)c2ccccc2)cc1. The van der Waals surface area contributed by atoms with E-state index in [4.69, 9.17) is 4.74 Å². The third-order valence-corrected chi connectivity index (χ3v) is 4.71. The molecule has 3 aromatic rings. The van der Waals surface area contributed by atoms with E-state index in [1.165, 1.54) is 0 Å². The maximum Gasteiger partial charge on any atom is 0.257 e. The number of ether oxygens (including phenoxy) is 1. The van der Waals surface area contributed by atoms with Gasteiger partial charge in [-0.3, -0.25) is 9.59 Å². The molecule has 0 heterocycles. The summed E-state index contributed by atoms with van der Waals surface area (Å²) in [7, 11) is 0. The van der Waals surface area contributed by atoms with Crippen molar-refractivity contribution < 1.29 is 14.3 Å². The van der Waals surface area contributed by atoms with E-state index in [0.717, 1.165) is 11.3 Å². The molecule has 0 fully saturated rings. The molecule has 2 amide bonds. The van der Waals surface area contributed by atoms with E-state index in [-0.39, 0.29) is 24.4 Å². The Morgan fingerprint density at radius 1 is 0.903 bits per heavy atom. The number of carbonyl (C=O) groups is 2. The number of rotatable bonds is 9. The highest BCUT2D eigenvalue weighted by Gasteiger charge is 2.13. The van der Waals surface area contributed by atoms with Gasteiger partial charge in [0.1, 0.15) is 5.75 Å². The largest absolute Gasteiger partial charge is 0.494 e. The number of anilines is 2. The van der Waals surface area contributed by atoms with Crippen molar-refractivity contribution in [2.75, 3.05) is 23.8 Å². The van der Waals surface area contributed by atoms with Gasteiger partial charge in [-0.15, -0.1) is 0 Å². The highest BCUT2D eigenvalue weighted by atomic mass is 16.5. The molecule has 160 valence electrons. The van der Waals surface area contributed by atoms with Gasteiger partial charge in [0.2, 0.25) is 5.91 Å². The Morgan fingerprint density at radius 3 is 2.29 bits per heavy atom. The molecule has 0 bridgehead atoms. The molecule has 0 aromatic heterocycles. The Morgan fingerprint density at radius 2 is 1.58 bits per heavy atom. The Bertz CT molecular complexity index is 1000. The molecule has 3 aromatic carbocycles. The first-order valence-corrected chi connectivity index (χ1v) is 10.3. The highest BCUT2D eigenvalue weighted by Crippen LogP contribution is 2.20. The first kappa shape index (κ1) is 21.9. The fourth-order valence-corrected chi connectivity index (χ4v) is 3.13. The number of hydrogen-bond donors (Lipinski definition) is 3. The van der Waals surface area contributed by atoms with Gasteiger partial charge in [-0.2, -0.15) is 0 Å². The molecular formula is C25H27N3O3. The Labute approximate surface area is 182 Å². The topological polar surface area (TPSA) is 79.5 Å². The monoisotopic (exact) mass is 417 g/mol. The fraction of sp³-hybridized carbons (Fsp3) is 0.200. The van der Waals surface area contributed by atoms with E-state index in [9.17, 15) is 9.59 Å². The predicted molar refractivity (Wildman–Crippen MR) is 123 cm³/mol. The van der Waals surface area contributed by atoms with Crippen molar-refractivity contribution in [1.82, 2.24) is 5.32 Å². The van der Waals surface area contributed by atoms with E-state index in [2.05, 4.69) is 16.0 Å². The van der Waals surface area contributed by atoms with Crippen LogP contribution in [0.5, 0.6) is 5.75 Å². The smallest absolute Gasteiger partial charge is 0.257 e. The maximum atomic E-state index is 12.8.